The first kappa shape index (κ1) is 13.2. The summed E-state index contributed by atoms with van der Waals surface area (Å²) in [4.78, 5) is 15.9. The Labute approximate surface area is 111 Å². The molecule has 1 N–H and O–H groups in total. The van der Waals surface area contributed by atoms with Crippen molar-refractivity contribution in [1.82, 2.24) is 10.3 Å². The minimum atomic E-state index is -0.496. The molecule has 3 nitrogen and oxygen atoms in total. The van der Waals surface area contributed by atoms with Gasteiger partial charge >= 0.3 is 0 Å². The molecule has 0 saturated carbocycles. The molecule has 0 unspecified atom stereocenters. The summed E-state index contributed by atoms with van der Waals surface area (Å²) in [5, 5.41) is 2.70. The van der Waals surface area contributed by atoms with E-state index in [1.807, 2.05) is 18.2 Å². The standard InChI is InChI=1S/C15H15FN2O/c16-14-9-2-1-8-13(14)15(19)18-11-5-7-12-6-3-4-10-17-12/h1-4,6,8-10H,5,7,11H2,(H,18,19). The second kappa shape index (κ2) is 6.64. The summed E-state index contributed by atoms with van der Waals surface area (Å²) in [5.74, 6) is -0.871. The number of hydrogen-bond donors (Lipinski definition) is 1. The zero-order valence-electron chi connectivity index (χ0n) is 10.5. The second-order valence-corrected chi connectivity index (χ2v) is 4.16. The second-order valence-electron chi connectivity index (χ2n) is 4.16. The van der Waals surface area contributed by atoms with Gasteiger partial charge in [-0.25, -0.2) is 4.39 Å². The Bertz CT molecular complexity index is 543. The normalized spacial score (nSPS) is 10.2. The topological polar surface area (TPSA) is 42.0 Å². The molecule has 0 aliphatic carbocycles. The molecule has 19 heavy (non-hydrogen) atoms. The number of carbonyl (C=O) groups is 1. The van der Waals surface area contributed by atoms with Gasteiger partial charge in [0.25, 0.3) is 5.91 Å². The molecule has 1 aromatic carbocycles. The summed E-state index contributed by atoms with van der Waals surface area (Å²) in [5.41, 5.74) is 1.07. The maximum atomic E-state index is 13.3. The quantitative estimate of drug-likeness (QED) is 0.837. The van der Waals surface area contributed by atoms with Gasteiger partial charge in [0.2, 0.25) is 0 Å². The fourth-order valence-electron chi connectivity index (χ4n) is 1.76. The van der Waals surface area contributed by atoms with Crippen LogP contribution in [-0.2, 0) is 6.42 Å². The molecule has 0 bridgehead atoms. The lowest BCUT2D eigenvalue weighted by Gasteiger charge is -2.05. The van der Waals surface area contributed by atoms with E-state index in [0.29, 0.717) is 6.54 Å². The van der Waals surface area contributed by atoms with Crippen molar-refractivity contribution in [2.75, 3.05) is 6.54 Å². The number of hydrogen-bond acceptors (Lipinski definition) is 2. The minimum Gasteiger partial charge on any atom is -0.352 e. The van der Waals surface area contributed by atoms with Crippen molar-refractivity contribution in [3.8, 4) is 0 Å². The molecule has 0 aliphatic heterocycles. The summed E-state index contributed by atoms with van der Waals surface area (Å²) in [7, 11) is 0. The monoisotopic (exact) mass is 258 g/mol. The van der Waals surface area contributed by atoms with Crippen LogP contribution in [0.4, 0.5) is 4.39 Å². The van der Waals surface area contributed by atoms with Crippen molar-refractivity contribution in [3.63, 3.8) is 0 Å². The van der Waals surface area contributed by atoms with E-state index in [4.69, 9.17) is 0 Å². The lowest BCUT2D eigenvalue weighted by molar-refractivity contribution is 0.0949. The van der Waals surface area contributed by atoms with Crippen LogP contribution >= 0.6 is 0 Å². The molecule has 0 aliphatic rings. The van der Waals surface area contributed by atoms with Crippen molar-refractivity contribution < 1.29 is 9.18 Å². The number of aromatic nitrogens is 1. The average Bonchev–Trinajstić information content (AvgIpc) is 2.45. The number of halogens is 1. The van der Waals surface area contributed by atoms with E-state index in [9.17, 15) is 9.18 Å². The highest BCUT2D eigenvalue weighted by Gasteiger charge is 2.09. The van der Waals surface area contributed by atoms with Crippen molar-refractivity contribution in [2.45, 2.75) is 12.8 Å². The van der Waals surface area contributed by atoms with E-state index < -0.39 is 5.82 Å². The van der Waals surface area contributed by atoms with E-state index in [0.717, 1.165) is 18.5 Å². The molecular formula is C15H15FN2O. The van der Waals surface area contributed by atoms with Crippen LogP contribution in [0.2, 0.25) is 0 Å². The summed E-state index contributed by atoms with van der Waals surface area (Å²) in [6.45, 7) is 0.504. The average molecular weight is 258 g/mol. The third kappa shape index (κ3) is 3.88. The molecule has 0 spiro atoms. The molecule has 2 rings (SSSR count). The molecule has 0 fully saturated rings. The van der Waals surface area contributed by atoms with E-state index in [2.05, 4.69) is 10.3 Å². The van der Waals surface area contributed by atoms with Crippen LogP contribution in [0.5, 0.6) is 0 Å². The Kier molecular flexibility index (Phi) is 4.61. The summed E-state index contributed by atoms with van der Waals surface area (Å²) >= 11 is 0. The Hall–Kier alpha value is -2.23. The maximum absolute atomic E-state index is 13.3. The Morgan fingerprint density at radius 1 is 1.16 bits per heavy atom. The predicted octanol–water partition coefficient (Wildman–Crippen LogP) is 2.58. The first-order chi connectivity index (χ1) is 9.27. The van der Waals surface area contributed by atoms with Crippen LogP contribution in [0.3, 0.4) is 0 Å². The zero-order chi connectivity index (χ0) is 13.5. The number of carbonyl (C=O) groups excluding carboxylic acids is 1. The van der Waals surface area contributed by atoms with E-state index in [1.165, 1.54) is 12.1 Å². The molecule has 1 amide bonds. The van der Waals surface area contributed by atoms with Crippen molar-refractivity contribution in [1.29, 1.82) is 0 Å². The number of benzene rings is 1. The first-order valence-corrected chi connectivity index (χ1v) is 6.20. The van der Waals surface area contributed by atoms with Crippen LogP contribution in [0.25, 0.3) is 0 Å². The molecule has 0 atom stereocenters. The number of nitrogens with zero attached hydrogens (tertiary/aromatic N) is 1. The van der Waals surface area contributed by atoms with Gasteiger partial charge in [0.05, 0.1) is 5.56 Å². The molecule has 0 radical (unpaired) electrons. The van der Waals surface area contributed by atoms with Gasteiger partial charge in [0.1, 0.15) is 5.82 Å². The van der Waals surface area contributed by atoms with Gasteiger partial charge in [-0.05, 0) is 37.1 Å². The molecule has 1 aromatic heterocycles. The molecule has 1 heterocycles. The number of nitrogens with one attached hydrogen (secondary N) is 1. The van der Waals surface area contributed by atoms with Crippen LogP contribution in [0.1, 0.15) is 22.5 Å². The van der Waals surface area contributed by atoms with Gasteiger partial charge in [-0.3, -0.25) is 9.78 Å². The van der Waals surface area contributed by atoms with Gasteiger partial charge in [0.15, 0.2) is 0 Å². The third-order valence-corrected chi connectivity index (χ3v) is 2.74. The molecule has 98 valence electrons. The smallest absolute Gasteiger partial charge is 0.254 e. The summed E-state index contributed by atoms with van der Waals surface area (Å²) in [6, 6.07) is 11.7. The van der Waals surface area contributed by atoms with Crippen molar-refractivity contribution >= 4 is 5.91 Å². The Morgan fingerprint density at radius 3 is 2.68 bits per heavy atom. The van der Waals surface area contributed by atoms with Crippen molar-refractivity contribution in [3.05, 3.63) is 65.7 Å². The fraction of sp³-hybridized carbons (Fsp3) is 0.200. The van der Waals surface area contributed by atoms with Gasteiger partial charge in [0, 0.05) is 18.4 Å². The van der Waals surface area contributed by atoms with Gasteiger partial charge < -0.3 is 5.32 Å². The molecule has 2 aromatic rings. The third-order valence-electron chi connectivity index (χ3n) is 2.74. The Morgan fingerprint density at radius 2 is 1.95 bits per heavy atom. The van der Waals surface area contributed by atoms with Crippen LogP contribution in [0.15, 0.2) is 48.7 Å². The number of amides is 1. The highest BCUT2D eigenvalue weighted by atomic mass is 19.1. The molecule has 4 heteroatoms. The van der Waals surface area contributed by atoms with Gasteiger partial charge in [-0.15, -0.1) is 0 Å². The lowest BCUT2D eigenvalue weighted by Crippen LogP contribution is -2.25. The summed E-state index contributed by atoms with van der Waals surface area (Å²) in [6.07, 6.45) is 3.31. The van der Waals surface area contributed by atoms with Crippen LogP contribution in [0, 0.1) is 5.82 Å². The first-order valence-electron chi connectivity index (χ1n) is 6.20. The largest absolute Gasteiger partial charge is 0.352 e. The van der Waals surface area contributed by atoms with E-state index in [1.54, 1.807) is 18.3 Å². The van der Waals surface area contributed by atoms with Gasteiger partial charge in [-0.1, -0.05) is 18.2 Å². The number of pyridine rings is 1. The molecule has 0 saturated heterocycles. The highest BCUT2D eigenvalue weighted by molar-refractivity contribution is 5.94. The number of rotatable bonds is 5. The minimum absolute atomic E-state index is 0.0836. The predicted molar refractivity (Wildman–Crippen MR) is 71.3 cm³/mol. The van der Waals surface area contributed by atoms with Crippen LogP contribution in [-0.4, -0.2) is 17.4 Å². The maximum Gasteiger partial charge on any atom is 0.254 e. The lowest BCUT2D eigenvalue weighted by atomic mass is 10.2. The van der Waals surface area contributed by atoms with E-state index >= 15 is 0 Å². The van der Waals surface area contributed by atoms with Crippen LogP contribution < -0.4 is 5.32 Å². The SMILES string of the molecule is O=C(NCCCc1ccccn1)c1ccccc1F. The van der Waals surface area contributed by atoms with E-state index in [-0.39, 0.29) is 11.5 Å². The Balaban J connectivity index is 1.77. The highest BCUT2D eigenvalue weighted by Crippen LogP contribution is 2.05. The molecular weight excluding hydrogens is 243 g/mol. The fourth-order valence-corrected chi connectivity index (χ4v) is 1.76. The van der Waals surface area contributed by atoms with Gasteiger partial charge in [-0.2, -0.15) is 0 Å². The number of aryl methyl sites for hydroxylation is 1. The summed E-state index contributed by atoms with van der Waals surface area (Å²) < 4.78 is 13.3. The van der Waals surface area contributed by atoms with Crippen molar-refractivity contribution in [2.24, 2.45) is 0 Å². The zero-order valence-corrected chi connectivity index (χ0v) is 10.5.